The van der Waals surface area contributed by atoms with E-state index in [0.717, 1.165) is 32.9 Å². The molecule has 2 aliphatic heterocycles. The van der Waals surface area contributed by atoms with Crippen LogP contribution < -0.4 is 5.32 Å². The second-order valence-electron chi connectivity index (χ2n) is 4.22. The maximum Gasteiger partial charge on any atom is 0.0933 e. The fourth-order valence-electron chi connectivity index (χ4n) is 2.05. The molecule has 0 aliphatic carbocycles. The molecule has 2 fully saturated rings. The molecule has 0 aromatic carbocycles. The van der Waals surface area contributed by atoms with E-state index < -0.39 is 0 Å². The van der Waals surface area contributed by atoms with Gasteiger partial charge in [0.1, 0.15) is 0 Å². The van der Waals surface area contributed by atoms with Crippen molar-refractivity contribution >= 4 is 0 Å². The van der Waals surface area contributed by atoms with E-state index in [2.05, 4.69) is 17.3 Å². The van der Waals surface area contributed by atoms with Crippen LogP contribution in [0.5, 0.6) is 0 Å². The number of likely N-dealkylation sites (N-methyl/N-ethyl adjacent to an activating group) is 1. The van der Waals surface area contributed by atoms with Crippen molar-refractivity contribution in [3.63, 3.8) is 0 Å². The van der Waals surface area contributed by atoms with Gasteiger partial charge < -0.3 is 19.7 Å². The Morgan fingerprint density at radius 1 is 1.43 bits per heavy atom. The minimum atomic E-state index is 0.259. The monoisotopic (exact) mass is 200 g/mol. The van der Waals surface area contributed by atoms with E-state index in [4.69, 9.17) is 9.47 Å². The van der Waals surface area contributed by atoms with Crippen LogP contribution in [0.2, 0.25) is 0 Å². The number of hydrogen-bond donors (Lipinski definition) is 1. The normalized spacial score (nSPS) is 34.9. The summed E-state index contributed by atoms with van der Waals surface area (Å²) >= 11 is 0. The minimum absolute atomic E-state index is 0.259. The molecule has 0 amide bonds. The molecule has 0 saturated carbocycles. The van der Waals surface area contributed by atoms with Crippen LogP contribution >= 0.6 is 0 Å². The first-order chi connectivity index (χ1) is 6.84. The molecule has 0 aromatic rings. The van der Waals surface area contributed by atoms with E-state index in [1.807, 2.05) is 0 Å². The molecule has 2 unspecified atom stereocenters. The predicted octanol–water partition coefficient (Wildman–Crippen LogP) is -0.304. The van der Waals surface area contributed by atoms with E-state index in [9.17, 15) is 0 Å². The van der Waals surface area contributed by atoms with Gasteiger partial charge in [0.25, 0.3) is 0 Å². The Kier molecular flexibility index (Phi) is 3.75. The third-order valence-electron chi connectivity index (χ3n) is 2.91. The zero-order valence-corrected chi connectivity index (χ0v) is 8.87. The third-order valence-corrected chi connectivity index (χ3v) is 2.91. The highest BCUT2D eigenvalue weighted by atomic mass is 16.6. The number of nitrogens with one attached hydrogen (secondary N) is 1. The molecule has 2 aliphatic rings. The molecule has 4 nitrogen and oxygen atoms in total. The lowest BCUT2D eigenvalue weighted by molar-refractivity contribution is -0.0869. The van der Waals surface area contributed by atoms with E-state index in [-0.39, 0.29) is 6.10 Å². The molecular formula is C10H20N2O2. The standard InChI is InChI=1S/C10H20N2O2/c1-12-3-2-9(7-12)11-6-10-8-13-4-5-14-10/h9-11H,2-8H2,1H3. The van der Waals surface area contributed by atoms with E-state index in [1.165, 1.54) is 13.0 Å². The van der Waals surface area contributed by atoms with Crippen LogP contribution in [0.1, 0.15) is 6.42 Å². The molecular weight excluding hydrogens is 180 g/mol. The van der Waals surface area contributed by atoms with Crippen LogP contribution in [-0.2, 0) is 9.47 Å². The summed E-state index contributed by atoms with van der Waals surface area (Å²) in [7, 11) is 2.17. The second-order valence-corrected chi connectivity index (χ2v) is 4.22. The van der Waals surface area contributed by atoms with Crippen molar-refractivity contribution in [1.82, 2.24) is 10.2 Å². The van der Waals surface area contributed by atoms with E-state index in [1.54, 1.807) is 0 Å². The van der Waals surface area contributed by atoms with E-state index >= 15 is 0 Å². The Bertz CT molecular complexity index is 167. The van der Waals surface area contributed by atoms with Crippen LogP contribution in [0.3, 0.4) is 0 Å². The van der Waals surface area contributed by atoms with Crippen LogP contribution in [0.25, 0.3) is 0 Å². The summed E-state index contributed by atoms with van der Waals surface area (Å²) in [5, 5.41) is 3.54. The minimum Gasteiger partial charge on any atom is -0.376 e. The Labute approximate surface area is 85.5 Å². The summed E-state index contributed by atoms with van der Waals surface area (Å²) in [6.45, 7) is 5.54. The molecule has 0 bridgehead atoms. The van der Waals surface area contributed by atoms with Gasteiger partial charge in [-0.15, -0.1) is 0 Å². The van der Waals surface area contributed by atoms with Gasteiger partial charge in [0.2, 0.25) is 0 Å². The molecule has 0 spiro atoms. The smallest absolute Gasteiger partial charge is 0.0933 e. The molecule has 1 N–H and O–H groups in total. The first kappa shape index (κ1) is 10.4. The Morgan fingerprint density at radius 2 is 2.36 bits per heavy atom. The highest BCUT2D eigenvalue weighted by Crippen LogP contribution is 2.07. The fourth-order valence-corrected chi connectivity index (χ4v) is 2.05. The van der Waals surface area contributed by atoms with Crippen LogP contribution in [-0.4, -0.2) is 63.5 Å². The Morgan fingerprint density at radius 3 is 3.00 bits per heavy atom. The summed E-state index contributed by atoms with van der Waals surface area (Å²) in [6.07, 6.45) is 1.51. The molecule has 2 heterocycles. The Hall–Kier alpha value is -0.160. The number of hydrogen-bond acceptors (Lipinski definition) is 4. The van der Waals surface area contributed by atoms with Gasteiger partial charge in [-0.1, -0.05) is 0 Å². The quantitative estimate of drug-likeness (QED) is 0.678. The fraction of sp³-hybridized carbons (Fsp3) is 1.00. The Balaban J connectivity index is 1.61. The van der Waals surface area contributed by atoms with Gasteiger partial charge in [0, 0.05) is 19.1 Å². The van der Waals surface area contributed by atoms with Crippen molar-refractivity contribution in [1.29, 1.82) is 0 Å². The highest BCUT2D eigenvalue weighted by molar-refractivity contribution is 4.80. The van der Waals surface area contributed by atoms with Crippen molar-refractivity contribution < 1.29 is 9.47 Å². The van der Waals surface area contributed by atoms with Crippen LogP contribution in [0, 0.1) is 0 Å². The van der Waals surface area contributed by atoms with Gasteiger partial charge in [-0.3, -0.25) is 0 Å². The van der Waals surface area contributed by atoms with Gasteiger partial charge in [0.05, 0.1) is 25.9 Å². The summed E-state index contributed by atoms with van der Waals surface area (Å²) in [4.78, 5) is 2.36. The molecule has 2 saturated heterocycles. The number of rotatable bonds is 3. The second kappa shape index (κ2) is 5.07. The summed E-state index contributed by atoms with van der Waals surface area (Å²) in [5.41, 5.74) is 0. The maximum atomic E-state index is 5.56. The number of nitrogens with zero attached hydrogens (tertiary/aromatic N) is 1. The van der Waals surface area contributed by atoms with Gasteiger partial charge in [-0.05, 0) is 20.0 Å². The molecule has 4 heteroatoms. The summed E-state index contributed by atoms with van der Waals surface area (Å²) < 4.78 is 10.9. The average molecular weight is 200 g/mol. The van der Waals surface area contributed by atoms with Crippen molar-refractivity contribution in [2.24, 2.45) is 0 Å². The average Bonchev–Trinajstić information content (AvgIpc) is 2.63. The van der Waals surface area contributed by atoms with Crippen LogP contribution in [0.4, 0.5) is 0 Å². The lowest BCUT2D eigenvalue weighted by atomic mass is 10.2. The number of likely N-dealkylation sites (tertiary alicyclic amines) is 1. The topological polar surface area (TPSA) is 33.7 Å². The lowest BCUT2D eigenvalue weighted by Crippen LogP contribution is -2.42. The van der Waals surface area contributed by atoms with E-state index in [0.29, 0.717) is 6.04 Å². The van der Waals surface area contributed by atoms with Crippen molar-refractivity contribution in [3.05, 3.63) is 0 Å². The largest absolute Gasteiger partial charge is 0.376 e. The third kappa shape index (κ3) is 2.92. The molecule has 0 radical (unpaired) electrons. The SMILES string of the molecule is CN1CCC(NCC2COCCO2)C1. The van der Waals surface area contributed by atoms with Crippen molar-refractivity contribution in [2.45, 2.75) is 18.6 Å². The van der Waals surface area contributed by atoms with Crippen LogP contribution in [0.15, 0.2) is 0 Å². The van der Waals surface area contributed by atoms with Gasteiger partial charge in [0.15, 0.2) is 0 Å². The number of ether oxygens (including phenoxy) is 2. The lowest BCUT2D eigenvalue weighted by Gasteiger charge is -2.24. The summed E-state index contributed by atoms with van der Waals surface area (Å²) in [5.74, 6) is 0. The first-order valence-corrected chi connectivity index (χ1v) is 5.46. The molecule has 0 aromatic heterocycles. The highest BCUT2D eigenvalue weighted by Gasteiger charge is 2.21. The van der Waals surface area contributed by atoms with Gasteiger partial charge >= 0.3 is 0 Å². The summed E-state index contributed by atoms with van der Waals surface area (Å²) in [6, 6.07) is 0.644. The molecule has 2 atom stereocenters. The van der Waals surface area contributed by atoms with Gasteiger partial charge in [-0.25, -0.2) is 0 Å². The zero-order chi connectivity index (χ0) is 9.80. The van der Waals surface area contributed by atoms with Crippen molar-refractivity contribution in [3.8, 4) is 0 Å². The predicted molar refractivity (Wildman–Crippen MR) is 54.5 cm³/mol. The first-order valence-electron chi connectivity index (χ1n) is 5.46. The zero-order valence-electron chi connectivity index (χ0n) is 8.87. The van der Waals surface area contributed by atoms with Crippen molar-refractivity contribution in [2.75, 3.05) is 46.5 Å². The molecule has 82 valence electrons. The molecule has 2 rings (SSSR count). The maximum absolute atomic E-state index is 5.56. The molecule has 14 heavy (non-hydrogen) atoms. The van der Waals surface area contributed by atoms with Gasteiger partial charge in [-0.2, -0.15) is 0 Å².